The molecule has 0 aliphatic rings. The summed E-state index contributed by atoms with van der Waals surface area (Å²) in [5.74, 6) is -2.47. The zero-order chi connectivity index (χ0) is 23.1. The molecule has 0 radical (unpaired) electrons. The maximum absolute atomic E-state index is 12.9. The van der Waals surface area contributed by atoms with Gasteiger partial charge in [-0.1, -0.05) is 18.2 Å². The molecule has 2 amide bonds. The van der Waals surface area contributed by atoms with Crippen molar-refractivity contribution in [3.05, 3.63) is 95.3 Å². The van der Waals surface area contributed by atoms with E-state index in [1.54, 1.807) is 43.3 Å². The number of anilines is 1. The van der Waals surface area contributed by atoms with Gasteiger partial charge in [0.2, 0.25) is 0 Å². The second-order valence-corrected chi connectivity index (χ2v) is 6.83. The van der Waals surface area contributed by atoms with Gasteiger partial charge in [-0.15, -0.1) is 0 Å². The largest absolute Gasteiger partial charge is 0.423 e. The van der Waals surface area contributed by atoms with Crippen LogP contribution in [0.2, 0.25) is 0 Å². The van der Waals surface area contributed by atoms with E-state index in [0.29, 0.717) is 22.6 Å². The molecular weight excluding hydrogens is 413 g/mol. The van der Waals surface area contributed by atoms with E-state index >= 15 is 0 Å². The molecule has 32 heavy (non-hydrogen) atoms. The highest BCUT2D eigenvalue weighted by Gasteiger charge is 2.14. The molecule has 0 aromatic heterocycles. The number of aryl methyl sites for hydroxylation is 1. The molecule has 162 valence electrons. The third kappa shape index (κ3) is 5.85. The van der Waals surface area contributed by atoms with E-state index in [2.05, 4.69) is 15.8 Å². The summed E-state index contributed by atoms with van der Waals surface area (Å²) in [6.07, 6.45) is 0. The van der Waals surface area contributed by atoms with Gasteiger partial charge < -0.3 is 10.1 Å². The summed E-state index contributed by atoms with van der Waals surface area (Å²) < 4.78 is 18.3. The highest BCUT2D eigenvalue weighted by molar-refractivity contribution is 6.39. The molecule has 3 aromatic carbocycles. The van der Waals surface area contributed by atoms with Crippen LogP contribution < -0.4 is 15.5 Å². The molecule has 0 bridgehead atoms. The highest BCUT2D eigenvalue weighted by atomic mass is 19.1. The van der Waals surface area contributed by atoms with Gasteiger partial charge in [0.25, 0.3) is 0 Å². The maximum Gasteiger partial charge on any atom is 0.343 e. The van der Waals surface area contributed by atoms with Crippen molar-refractivity contribution < 1.29 is 23.5 Å². The zero-order valence-corrected chi connectivity index (χ0v) is 17.4. The molecule has 3 aromatic rings. The summed E-state index contributed by atoms with van der Waals surface area (Å²) in [5.41, 5.74) is 4.83. The van der Waals surface area contributed by atoms with Crippen LogP contribution in [0.25, 0.3) is 0 Å². The fraction of sp³-hybridized carbons (Fsp3) is 0.0833. The molecule has 2 N–H and O–H groups in total. The van der Waals surface area contributed by atoms with E-state index in [-0.39, 0.29) is 5.69 Å². The highest BCUT2D eigenvalue weighted by Crippen LogP contribution is 2.16. The van der Waals surface area contributed by atoms with Crippen molar-refractivity contribution in [3.63, 3.8) is 0 Å². The lowest BCUT2D eigenvalue weighted by Crippen LogP contribution is -2.32. The lowest BCUT2D eigenvalue weighted by atomic mass is 10.1. The molecule has 0 saturated heterocycles. The van der Waals surface area contributed by atoms with E-state index < -0.39 is 23.6 Å². The Kier molecular flexibility index (Phi) is 7.07. The molecule has 8 heteroatoms. The molecule has 0 saturated carbocycles. The lowest BCUT2D eigenvalue weighted by Gasteiger charge is -2.08. The molecule has 0 aliphatic carbocycles. The number of ether oxygens (including phenoxy) is 1. The number of nitrogens with zero attached hydrogens (tertiary/aromatic N) is 1. The van der Waals surface area contributed by atoms with Crippen LogP contribution >= 0.6 is 0 Å². The number of carbonyl (C=O) groups excluding carboxylic acids is 3. The van der Waals surface area contributed by atoms with Gasteiger partial charge in [-0.3, -0.25) is 9.59 Å². The number of esters is 1. The Bertz CT molecular complexity index is 1170. The summed E-state index contributed by atoms with van der Waals surface area (Å²) >= 11 is 0. The van der Waals surface area contributed by atoms with Crippen LogP contribution in [0.3, 0.4) is 0 Å². The number of carbonyl (C=O) groups is 3. The van der Waals surface area contributed by atoms with Gasteiger partial charge in [-0.2, -0.15) is 5.10 Å². The van der Waals surface area contributed by atoms with Gasteiger partial charge in [0.1, 0.15) is 11.6 Å². The minimum absolute atomic E-state index is 0.281. The molecule has 0 fully saturated rings. The summed E-state index contributed by atoms with van der Waals surface area (Å²) in [7, 11) is 0. The van der Waals surface area contributed by atoms with Crippen LogP contribution in [0.1, 0.15) is 28.4 Å². The Morgan fingerprint density at radius 3 is 2.19 bits per heavy atom. The molecule has 7 nitrogen and oxygen atoms in total. The first-order chi connectivity index (χ1) is 15.3. The fourth-order valence-electron chi connectivity index (χ4n) is 2.70. The smallest absolute Gasteiger partial charge is 0.343 e. The number of nitrogens with one attached hydrogen (secondary N) is 2. The first-order valence-corrected chi connectivity index (χ1v) is 9.63. The van der Waals surface area contributed by atoms with Crippen molar-refractivity contribution in [1.29, 1.82) is 0 Å². The van der Waals surface area contributed by atoms with E-state index in [0.717, 1.165) is 17.7 Å². The van der Waals surface area contributed by atoms with Crippen LogP contribution in [0.15, 0.2) is 77.9 Å². The third-order valence-electron chi connectivity index (χ3n) is 4.48. The normalized spacial score (nSPS) is 10.9. The van der Waals surface area contributed by atoms with E-state index in [4.69, 9.17) is 4.74 Å². The number of rotatable bonds is 5. The second-order valence-electron chi connectivity index (χ2n) is 6.83. The van der Waals surface area contributed by atoms with Crippen molar-refractivity contribution >= 4 is 29.2 Å². The van der Waals surface area contributed by atoms with Gasteiger partial charge >= 0.3 is 17.8 Å². The number of hydrazone groups is 1. The van der Waals surface area contributed by atoms with Crippen molar-refractivity contribution in [2.75, 3.05) is 5.32 Å². The van der Waals surface area contributed by atoms with E-state index in [1.165, 1.54) is 12.1 Å². The number of halogens is 1. The van der Waals surface area contributed by atoms with Crippen LogP contribution in [-0.2, 0) is 9.59 Å². The molecule has 3 rings (SSSR count). The monoisotopic (exact) mass is 433 g/mol. The quantitative estimate of drug-likeness (QED) is 0.210. The number of amides is 2. The zero-order valence-electron chi connectivity index (χ0n) is 17.4. The first kappa shape index (κ1) is 22.4. The minimum atomic E-state index is -0.975. The SMILES string of the molecule is C/C(=N\NC(=O)C(=O)Nc1ccc(F)cc1)c1ccc(OC(=O)c2ccccc2C)cc1. The van der Waals surface area contributed by atoms with Gasteiger partial charge in [0, 0.05) is 5.69 Å². The summed E-state index contributed by atoms with van der Waals surface area (Å²) in [6, 6.07) is 18.7. The van der Waals surface area contributed by atoms with Gasteiger partial charge in [-0.05, 0) is 79.6 Å². The summed E-state index contributed by atoms with van der Waals surface area (Å²) in [6.45, 7) is 3.47. The van der Waals surface area contributed by atoms with Crippen LogP contribution in [-0.4, -0.2) is 23.5 Å². The van der Waals surface area contributed by atoms with Gasteiger partial charge in [0.05, 0.1) is 11.3 Å². The Hall–Kier alpha value is -4.33. The standard InChI is InChI=1S/C24H20FN3O4/c1-15-5-3-4-6-21(15)24(31)32-20-13-7-17(8-14-20)16(2)27-28-23(30)22(29)26-19-11-9-18(25)10-12-19/h3-14H,1-2H3,(H,26,29)(H,28,30)/b27-16+. The van der Waals surface area contributed by atoms with Crippen molar-refractivity contribution in [3.8, 4) is 5.75 Å². The van der Waals surface area contributed by atoms with Crippen LogP contribution in [0, 0.1) is 12.7 Å². The molecule has 0 heterocycles. The maximum atomic E-state index is 12.9. The number of benzene rings is 3. The number of hydrogen-bond acceptors (Lipinski definition) is 5. The van der Waals surface area contributed by atoms with Crippen molar-refractivity contribution in [2.24, 2.45) is 5.10 Å². The average Bonchev–Trinajstić information content (AvgIpc) is 2.79. The van der Waals surface area contributed by atoms with Gasteiger partial charge in [-0.25, -0.2) is 14.6 Å². The Balaban J connectivity index is 1.57. The predicted molar refractivity (Wildman–Crippen MR) is 118 cm³/mol. The summed E-state index contributed by atoms with van der Waals surface area (Å²) in [4.78, 5) is 36.1. The Morgan fingerprint density at radius 2 is 1.53 bits per heavy atom. The third-order valence-corrected chi connectivity index (χ3v) is 4.48. The lowest BCUT2D eigenvalue weighted by molar-refractivity contribution is -0.136. The average molecular weight is 433 g/mol. The van der Waals surface area contributed by atoms with Crippen molar-refractivity contribution in [2.45, 2.75) is 13.8 Å². The van der Waals surface area contributed by atoms with Crippen LogP contribution in [0.5, 0.6) is 5.75 Å². The summed E-state index contributed by atoms with van der Waals surface area (Å²) in [5, 5.41) is 6.25. The van der Waals surface area contributed by atoms with Gasteiger partial charge in [0.15, 0.2) is 0 Å². The van der Waals surface area contributed by atoms with Crippen molar-refractivity contribution in [1.82, 2.24) is 5.43 Å². The molecule has 0 atom stereocenters. The first-order valence-electron chi connectivity index (χ1n) is 9.63. The second kappa shape index (κ2) is 10.1. The molecular formula is C24H20FN3O4. The fourth-order valence-corrected chi connectivity index (χ4v) is 2.70. The topological polar surface area (TPSA) is 96.9 Å². The minimum Gasteiger partial charge on any atom is -0.423 e. The Morgan fingerprint density at radius 1 is 0.875 bits per heavy atom. The number of hydrogen-bond donors (Lipinski definition) is 2. The van der Waals surface area contributed by atoms with E-state index in [9.17, 15) is 18.8 Å². The Labute approximate surface area is 183 Å². The van der Waals surface area contributed by atoms with E-state index in [1.807, 2.05) is 19.1 Å². The molecule has 0 aliphatic heterocycles. The predicted octanol–water partition coefficient (Wildman–Crippen LogP) is 3.83. The molecule has 0 spiro atoms. The molecule has 0 unspecified atom stereocenters. The van der Waals surface area contributed by atoms with Crippen LogP contribution in [0.4, 0.5) is 10.1 Å².